The lowest BCUT2D eigenvalue weighted by Gasteiger charge is -2.32. The molecule has 7 nitrogen and oxygen atoms in total. The zero-order valence-electron chi connectivity index (χ0n) is 17.1. The summed E-state index contributed by atoms with van der Waals surface area (Å²) in [5.74, 6) is 0.509. The Labute approximate surface area is 161 Å². The minimum absolute atomic E-state index is 0.323. The number of aryl methyl sites for hydroxylation is 2. The molecule has 0 saturated carbocycles. The number of rotatable bonds is 4. The van der Waals surface area contributed by atoms with E-state index >= 15 is 0 Å². The number of nitrogens with zero attached hydrogens (tertiary/aromatic N) is 4. The summed E-state index contributed by atoms with van der Waals surface area (Å²) in [6, 6.07) is 2.21. The van der Waals surface area contributed by atoms with E-state index < -0.39 is 5.60 Å². The molecule has 1 fully saturated rings. The minimum atomic E-state index is -0.449. The predicted octanol–water partition coefficient (Wildman–Crippen LogP) is 3.01. The Morgan fingerprint density at radius 2 is 2.04 bits per heavy atom. The molecular formula is C20H31N5O2. The van der Waals surface area contributed by atoms with E-state index in [1.165, 1.54) is 5.56 Å². The summed E-state index contributed by atoms with van der Waals surface area (Å²) in [6.45, 7) is 11.3. The maximum Gasteiger partial charge on any atom is 0.407 e. The van der Waals surface area contributed by atoms with Crippen LogP contribution in [0.1, 0.15) is 44.9 Å². The molecule has 2 aromatic rings. The Bertz CT molecular complexity index is 801. The van der Waals surface area contributed by atoms with E-state index in [1.54, 1.807) is 0 Å². The van der Waals surface area contributed by atoms with Gasteiger partial charge >= 0.3 is 6.09 Å². The van der Waals surface area contributed by atoms with E-state index in [2.05, 4.69) is 26.4 Å². The highest BCUT2D eigenvalue weighted by Gasteiger charge is 2.22. The van der Waals surface area contributed by atoms with Crippen molar-refractivity contribution in [3.05, 3.63) is 23.5 Å². The molecule has 0 unspecified atom stereocenters. The lowest BCUT2D eigenvalue weighted by atomic mass is 9.96. The molecule has 0 radical (unpaired) electrons. The molecule has 0 spiro atoms. The molecule has 1 aliphatic heterocycles. The molecule has 0 atom stereocenters. The van der Waals surface area contributed by atoms with Gasteiger partial charge in [-0.05, 0) is 71.2 Å². The predicted molar refractivity (Wildman–Crippen MR) is 105 cm³/mol. The van der Waals surface area contributed by atoms with Crippen LogP contribution in [0.25, 0.3) is 11.0 Å². The number of carbonyl (C=O) groups is 1. The normalized spacial score (nSPS) is 16.6. The van der Waals surface area contributed by atoms with Crippen molar-refractivity contribution in [2.45, 2.75) is 52.7 Å². The average molecular weight is 374 g/mol. The van der Waals surface area contributed by atoms with Crippen LogP contribution < -0.4 is 5.32 Å². The Hall–Kier alpha value is -2.15. The minimum Gasteiger partial charge on any atom is -0.444 e. The summed E-state index contributed by atoms with van der Waals surface area (Å²) in [6.07, 6.45) is 3.80. The van der Waals surface area contributed by atoms with Crippen molar-refractivity contribution in [1.82, 2.24) is 25.0 Å². The van der Waals surface area contributed by atoms with Crippen molar-refractivity contribution < 1.29 is 9.53 Å². The van der Waals surface area contributed by atoms with Gasteiger partial charge in [-0.1, -0.05) is 0 Å². The summed E-state index contributed by atoms with van der Waals surface area (Å²) in [7, 11) is 1.93. The lowest BCUT2D eigenvalue weighted by molar-refractivity contribution is 0.0509. The van der Waals surface area contributed by atoms with Gasteiger partial charge in [-0.25, -0.2) is 9.78 Å². The van der Waals surface area contributed by atoms with Crippen molar-refractivity contribution in [3.8, 4) is 0 Å². The Kier molecular flexibility index (Phi) is 5.69. The van der Waals surface area contributed by atoms with E-state index in [0.717, 1.165) is 49.2 Å². The average Bonchev–Trinajstić information content (AvgIpc) is 2.87. The second kappa shape index (κ2) is 7.84. The third-order valence-electron chi connectivity index (χ3n) is 4.97. The SMILES string of the molecule is Cc1nn(C)c2ncc(CN3CCC(CNC(=O)OC(C)(C)C)CC3)cc12. The van der Waals surface area contributed by atoms with Crippen molar-refractivity contribution in [2.75, 3.05) is 19.6 Å². The fraction of sp³-hybridized carbons (Fsp3) is 0.650. The first-order valence-corrected chi connectivity index (χ1v) is 9.69. The van der Waals surface area contributed by atoms with Crippen LogP contribution in [-0.4, -0.2) is 51.0 Å². The second-order valence-electron chi connectivity index (χ2n) is 8.53. The molecule has 0 aliphatic carbocycles. The quantitative estimate of drug-likeness (QED) is 0.892. The van der Waals surface area contributed by atoms with Gasteiger partial charge < -0.3 is 10.1 Å². The number of piperidine rings is 1. The van der Waals surface area contributed by atoms with Gasteiger partial charge in [0.2, 0.25) is 0 Å². The molecule has 3 rings (SSSR count). The molecule has 3 heterocycles. The molecule has 0 bridgehead atoms. The molecule has 1 saturated heterocycles. The summed E-state index contributed by atoms with van der Waals surface area (Å²) in [5, 5.41) is 8.47. The maximum absolute atomic E-state index is 11.8. The number of pyridine rings is 1. The number of hydrogen-bond donors (Lipinski definition) is 1. The molecule has 0 aromatic carbocycles. The van der Waals surface area contributed by atoms with Crippen molar-refractivity contribution in [3.63, 3.8) is 0 Å². The largest absolute Gasteiger partial charge is 0.444 e. The summed E-state index contributed by atoms with van der Waals surface area (Å²) >= 11 is 0. The lowest BCUT2D eigenvalue weighted by Crippen LogP contribution is -2.40. The van der Waals surface area contributed by atoms with Gasteiger partial charge in [-0.15, -0.1) is 0 Å². The molecular weight excluding hydrogens is 342 g/mol. The Morgan fingerprint density at radius 1 is 1.33 bits per heavy atom. The first-order chi connectivity index (χ1) is 12.7. The summed E-state index contributed by atoms with van der Waals surface area (Å²) in [5.41, 5.74) is 2.73. The molecule has 2 aromatic heterocycles. The zero-order valence-corrected chi connectivity index (χ0v) is 17.1. The summed E-state index contributed by atoms with van der Waals surface area (Å²) < 4.78 is 7.13. The van der Waals surface area contributed by atoms with Gasteiger partial charge in [-0.2, -0.15) is 5.10 Å². The van der Waals surface area contributed by atoms with Gasteiger partial charge in [0.15, 0.2) is 5.65 Å². The fourth-order valence-electron chi connectivity index (χ4n) is 3.59. The van der Waals surface area contributed by atoms with Crippen LogP contribution in [0.15, 0.2) is 12.3 Å². The smallest absolute Gasteiger partial charge is 0.407 e. The second-order valence-corrected chi connectivity index (χ2v) is 8.53. The first-order valence-electron chi connectivity index (χ1n) is 9.69. The van der Waals surface area contributed by atoms with Crippen LogP contribution in [0.3, 0.4) is 0 Å². The number of alkyl carbamates (subject to hydrolysis) is 1. The highest BCUT2D eigenvalue weighted by atomic mass is 16.6. The van der Waals surface area contributed by atoms with Crippen LogP contribution in [0.5, 0.6) is 0 Å². The van der Waals surface area contributed by atoms with Crippen LogP contribution in [0.4, 0.5) is 4.79 Å². The van der Waals surface area contributed by atoms with Crippen LogP contribution >= 0.6 is 0 Å². The van der Waals surface area contributed by atoms with E-state index in [4.69, 9.17) is 4.74 Å². The topological polar surface area (TPSA) is 72.3 Å². The molecule has 148 valence electrons. The molecule has 1 amide bonds. The summed E-state index contributed by atoms with van der Waals surface area (Å²) in [4.78, 5) is 18.8. The highest BCUT2D eigenvalue weighted by molar-refractivity contribution is 5.78. The van der Waals surface area contributed by atoms with Crippen molar-refractivity contribution in [1.29, 1.82) is 0 Å². The van der Waals surface area contributed by atoms with Gasteiger partial charge in [-0.3, -0.25) is 9.58 Å². The van der Waals surface area contributed by atoms with E-state index in [1.807, 2.05) is 45.6 Å². The first kappa shape index (κ1) is 19.6. The number of fused-ring (bicyclic) bond motifs is 1. The zero-order chi connectivity index (χ0) is 19.6. The van der Waals surface area contributed by atoms with Gasteiger partial charge in [0.25, 0.3) is 0 Å². The molecule has 1 N–H and O–H groups in total. The Balaban J connectivity index is 1.47. The Morgan fingerprint density at radius 3 is 2.70 bits per heavy atom. The van der Waals surface area contributed by atoms with Gasteiger partial charge in [0.05, 0.1) is 5.69 Å². The van der Waals surface area contributed by atoms with Crippen LogP contribution in [0.2, 0.25) is 0 Å². The number of aromatic nitrogens is 3. The van der Waals surface area contributed by atoms with Crippen LogP contribution in [0, 0.1) is 12.8 Å². The fourth-order valence-corrected chi connectivity index (χ4v) is 3.59. The maximum atomic E-state index is 11.8. The number of nitrogens with one attached hydrogen (secondary N) is 1. The van der Waals surface area contributed by atoms with Crippen LogP contribution in [-0.2, 0) is 18.3 Å². The van der Waals surface area contributed by atoms with Gasteiger partial charge in [0, 0.05) is 31.7 Å². The number of ether oxygens (including phenoxy) is 1. The molecule has 7 heteroatoms. The van der Waals surface area contributed by atoms with Gasteiger partial charge in [0.1, 0.15) is 5.60 Å². The number of likely N-dealkylation sites (tertiary alicyclic amines) is 1. The monoisotopic (exact) mass is 373 g/mol. The number of carbonyl (C=O) groups excluding carboxylic acids is 1. The third-order valence-corrected chi connectivity index (χ3v) is 4.97. The highest BCUT2D eigenvalue weighted by Crippen LogP contribution is 2.21. The van der Waals surface area contributed by atoms with Crippen molar-refractivity contribution >= 4 is 17.1 Å². The van der Waals surface area contributed by atoms with Crippen molar-refractivity contribution in [2.24, 2.45) is 13.0 Å². The number of hydrogen-bond acceptors (Lipinski definition) is 5. The molecule has 27 heavy (non-hydrogen) atoms. The van der Waals surface area contributed by atoms with E-state index in [0.29, 0.717) is 12.5 Å². The van der Waals surface area contributed by atoms with E-state index in [9.17, 15) is 4.79 Å². The van der Waals surface area contributed by atoms with E-state index in [-0.39, 0.29) is 6.09 Å². The molecule has 1 aliphatic rings. The standard InChI is InChI=1S/C20H31N5O2/c1-14-17-10-16(12-21-18(17)24(5)23-14)13-25-8-6-15(7-9-25)11-22-19(26)27-20(2,3)4/h10,12,15H,6-9,11,13H2,1-5H3,(H,22,26). The third kappa shape index (κ3) is 5.19. The number of amides is 1.